The van der Waals surface area contributed by atoms with Crippen LogP contribution in [0.3, 0.4) is 0 Å². The number of aromatic nitrogens is 3. The second-order valence-electron chi connectivity index (χ2n) is 4.43. The van der Waals surface area contributed by atoms with Crippen LogP contribution in [0, 0.1) is 17.3 Å². The van der Waals surface area contributed by atoms with E-state index in [-0.39, 0.29) is 5.41 Å². The standard InChI is InChI=1S/C10H15N3O/c1-9(2,3)5-6-10(4,14)8-7-11-13-12-8/h7,14H,1-4H3,(H,11,12,13). The van der Waals surface area contributed by atoms with Gasteiger partial charge in [-0.2, -0.15) is 15.4 Å². The van der Waals surface area contributed by atoms with Crippen molar-refractivity contribution < 1.29 is 5.11 Å². The Bertz CT molecular complexity index is 349. The molecule has 1 heterocycles. The maximum Gasteiger partial charge on any atom is 0.168 e. The summed E-state index contributed by atoms with van der Waals surface area (Å²) in [5, 5.41) is 19.8. The minimum Gasteiger partial charge on any atom is -0.372 e. The molecule has 4 heteroatoms. The largest absolute Gasteiger partial charge is 0.372 e. The summed E-state index contributed by atoms with van der Waals surface area (Å²) >= 11 is 0. The zero-order chi connectivity index (χ0) is 10.8. The molecule has 1 aromatic rings. The van der Waals surface area contributed by atoms with Crippen LogP contribution < -0.4 is 0 Å². The maximum absolute atomic E-state index is 9.94. The van der Waals surface area contributed by atoms with Crippen LogP contribution >= 0.6 is 0 Å². The molecule has 0 aliphatic rings. The molecule has 14 heavy (non-hydrogen) atoms. The minimum atomic E-state index is -1.24. The molecule has 0 saturated heterocycles. The van der Waals surface area contributed by atoms with Crippen molar-refractivity contribution in [3.05, 3.63) is 11.9 Å². The Morgan fingerprint density at radius 2 is 1.93 bits per heavy atom. The van der Waals surface area contributed by atoms with Gasteiger partial charge in [0.05, 0.1) is 6.20 Å². The number of hydrogen-bond donors (Lipinski definition) is 2. The van der Waals surface area contributed by atoms with Gasteiger partial charge in [-0.1, -0.05) is 11.8 Å². The first-order valence-corrected chi connectivity index (χ1v) is 4.44. The fourth-order valence-electron chi connectivity index (χ4n) is 0.809. The van der Waals surface area contributed by atoms with Crippen molar-refractivity contribution in [1.82, 2.24) is 15.4 Å². The van der Waals surface area contributed by atoms with Gasteiger partial charge in [0.1, 0.15) is 5.69 Å². The van der Waals surface area contributed by atoms with Crippen molar-refractivity contribution in [2.24, 2.45) is 5.41 Å². The Morgan fingerprint density at radius 3 is 2.36 bits per heavy atom. The Labute approximate surface area is 83.7 Å². The van der Waals surface area contributed by atoms with Crippen LogP contribution in [0.25, 0.3) is 0 Å². The summed E-state index contributed by atoms with van der Waals surface area (Å²) in [4.78, 5) is 0. The molecule has 0 saturated carbocycles. The van der Waals surface area contributed by atoms with Crippen LogP contribution in [0.4, 0.5) is 0 Å². The van der Waals surface area contributed by atoms with Gasteiger partial charge in [-0.05, 0) is 27.7 Å². The normalized spacial score (nSPS) is 15.5. The van der Waals surface area contributed by atoms with E-state index in [2.05, 4.69) is 27.3 Å². The second-order valence-corrected chi connectivity index (χ2v) is 4.43. The molecule has 2 N–H and O–H groups in total. The lowest BCUT2D eigenvalue weighted by Crippen LogP contribution is -2.20. The summed E-state index contributed by atoms with van der Waals surface area (Å²) < 4.78 is 0. The Kier molecular flexibility index (Phi) is 2.63. The molecule has 1 rings (SSSR count). The van der Waals surface area contributed by atoms with E-state index in [0.29, 0.717) is 5.69 Å². The fraction of sp³-hybridized carbons (Fsp3) is 0.600. The van der Waals surface area contributed by atoms with Crippen molar-refractivity contribution >= 4 is 0 Å². The molecule has 0 radical (unpaired) electrons. The molecule has 0 bridgehead atoms. The highest BCUT2D eigenvalue weighted by molar-refractivity contribution is 5.24. The number of rotatable bonds is 1. The van der Waals surface area contributed by atoms with E-state index in [1.165, 1.54) is 6.20 Å². The molecule has 0 amide bonds. The number of hydrogen-bond acceptors (Lipinski definition) is 3. The van der Waals surface area contributed by atoms with E-state index in [1.54, 1.807) is 6.92 Å². The Balaban J connectivity index is 2.91. The summed E-state index contributed by atoms with van der Waals surface area (Å²) in [6.07, 6.45) is 1.47. The highest BCUT2D eigenvalue weighted by Gasteiger charge is 2.23. The average molecular weight is 193 g/mol. The van der Waals surface area contributed by atoms with Crippen molar-refractivity contribution in [1.29, 1.82) is 0 Å². The summed E-state index contributed by atoms with van der Waals surface area (Å²) in [6.45, 7) is 7.56. The zero-order valence-corrected chi connectivity index (χ0v) is 8.92. The number of nitrogens with zero attached hydrogens (tertiary/aromatic N) is 2. The van der Waals surface area contributed by atoms with Crippen molar-refractivity contribution in [3.63, 3.8) is 0 Å². The highest BCUT2D eigenvalue weighted by atomic mass is 16.3. The fourth-order valence-corrected chi connectivity index (χ4v) is 0.809. The lowest BCUT2D eigenvalue weighted by atomic mass is 9.95. The molecule has 0 aliphatic heterocycles. The first-order chi connectivity index (χ1) is 6.31. The van der Waals surface area contributed by atoms with Crippen molar-refractivity contribution in [2.45, 2.75) is 33.3 Å². The average Bonchev–Trinajstić information content (AvgIpc) is 2.52. The molecule has 0 aromatic carbocycles. The summed E-state index contributed by atoms with van der Waals surface area (Å²) in [7, 11) is 0. The molecule has 1 unspecified atom stereocenters. The Morgan fingerprint density at radius 1 is 1.29 bits per heavy atom. The van der Waals surface area contributed by atoms with Gasteiger partial charge in [-0.25, -0.2) is 0 Å². The van der Waals surface area contributed by atoms with Gasteiger partial charge in [0, 0.05) is 5.41 Å². The number of H-pyrrole nitrogens is 1. The number of aromatic amines is 1. The summed E-state index contributed by atoms with van der Waals surface area (Å²) in [5.41, 5.74) is -0.928. The van der Waals surface area contributed by atoms with Crippen LogP contribution in [0.1, 0.15) is 33.4 Å². The van der Waals surface area contributed by atoms with Gasteiger partial charge in [0.15, 0.2) is 5.60 Å². The third-order valence-corrected chi connectivity index (χ3v) is 1.59. The summed E-state index contributed by atoms with van der Waals surface area (Å²) in [6, 6.07) is 0. The third-order valence-electron chi connectivity index (χ3n) is 1.59. The Hall–Kier alpha value is -1.34. The van der Waals surface area contributed by atoms with E-state index < -0.39 is 5.60 Å². The SMILES string of the molecule is CC(C)(C)C#CC(C)(O)c1cn[nH]n1. The molecule has 0 spiro atoms. The van der Waals surface area contributed by atoms with Gasteiger partial charge in [0.25, 0.3) is 0 Å². The van der Waals surface area contributed by atoms with Gasteiger partial charge in [0.2, 0.25) is 0 Å². The topological polar surface area (TPSA) is 61.8 Å². The monoisotopic (exact) mass is 193 g/mol. The van der Waals surface area contributed by atoms with E-state index in [9.17, 15) is 5.11 Å². The summed E-state index contributed by atoms with van der Waals surface area (Å²) in [5.74, 6) is 5.75. The smallest absolute Gasteiger partial charge is 0.168 e. The molecule has 76 valence electrons. The predicted molar refractivity (Wildman–Crippen MR) is 53.2 cm³/mol. The number of aliphatic hydroxyl groups is 1. The third kappa shape index (κ3) is 2.86. The molecular formula is C10H15N3O. The molecule has 1 aromatic heterocycles. The first-order valence-electron chi connectivity index (χ1n) is 4.44. The van der Waals surface area contributed by atoms with Gasteiger partial charge in [-0.3, -0.25) is 0 Å². The van der Waals surface area contributed by atoms with E-state index in [4.69, 9.17) is 0 Å². The van der Waals surface area contributed by atoms with E-state index >= 15 is 0 Å². The molecule has 1 atom stereocenters. The zero-order valence-electron chi connectivity index (χ0n) is 8.92. The van der Waals surface area contributed by atoms with Crippen molar-refractivity contribution in [3.8, 4) is 11.8 Å². The molecule has 0 fully saturated rings. The maximum atomic E-state index is 9.94. The van der Waals surface area contributed by atoms with Crippen LogP contribution in [0.2, 0.25) is 0 Å². The van der Waals surface area contributed by atoms with Crippen LogP contribution in [0.15, 0.2) is 6.20 Å². The minimum absolute atomic E-state index is 0.131. The first kappa shape index (κ1) is 10.7. The molecule has 4 nitrogen and oxygen atoms in total. The van der Waals surface area contributed by atoms with Crippen LogP contribution in [0.5, 0.6) is 0 Å². The van der Waals surface area contributed by atoms with E-state index in [0.717, 1.165) is 0 Å². The van der Waals surface area contributed by atoms with Crippen LogP contribution in [-0.4, -0.2) is 20.5 Å². The lowest BCUT2D eigenvalue weighted by Gasteiger charge is -2.14. The predicted octanol–water partition coefficient (Wildman–Crippen LogP) is 1.06. The molecule has 0 aliphatic carbocycles. The highest BCUT2D eigenvalue weighted by Crippen LogP contribution is 2.17. The van der Waals surface area contributed by atoms with E-state index in [1.807, 2.05) is 20.8 Å². The number of nitrogens with one attached hydrogen (secondary N) is 1. The van der Waals surface area contributed by atoms with Gasteiger partial charge >= 0.3 is 0 Å². The van der Waals surface area contributed by atoms with Gasteiger partial charge in [-0.15, -0.1) is 0 Å². The quantitative estimate of drug-likeness (QED) is 0.656. The van der Waals surface area contributed by atoms with Crippen molar-refractivity contribution in [2.75, 3.05) is 0 Å². The second kappa shape index (κ2) is 3.43. The van der Waals surface area contributed by atoms with Gasteiger partial charge < -0.3 is 5.11 Å². The van der Waals surface area contributed by atoms with Crippen LogP contribution in [-0.2, 0) is 5.60 Å². The lowest BCUT2D eigenvalue weighted by molar-refractivity contribution is 0.116. The molecular weight excluding hydrogens is 178 g/mol.